The number of carbonyl (C=O) groups excluding carboxylic acids is 1. The Bertz CT molecular complexity index is 823. The number of hydrogen-bond donors (Lipinski definition) is 1. The number of nitrogens with zero attached hydrogens (tertiary/aromatic N) is 1. The van der Waals surface area contributed by atoms with Crippen molar-refractivity contribution in [3.05, 3.63) is 70.2 Å². The van der Waals surface area contributed by atoms with E-state index in [0.29, 0.717) is 17.1 Å². The van der Waals surface area contributed by atoms with Crippen molar-refractivity contribution in [1.82, 2.24) is 10.2 Å². The summed E-state index contributed by atoms with van der Waals surface area (Å²) in [6.45, 7) is 11.8. The molecule has 3 rings (SSSR count). The quantitative estimate of drug-likeness (QED) is 0.713. The summed E-state index contributed by atoms with van der Waals surface area (Å²) in [4.78, 5) is 15.8. The molecule has 0 fully saturated rings. The molecule has 0 saturated carbocycles. The molecule has 1 aliphatic heterocycles. The second-order valence-electron chi connectivity index (χ2n) is 8.55. The predicted molar refractivity (Wildman–Crippen MR) is 117 cm³/mol. The van der Waals surface area contributed by atoms with Gasteiger partial charge in [-0.25, -0.2) is 0 Å². The standard InChI is InChI=1S/C24H31ClN2O/c1-16(2)27(17(3)4)15-14-24(5)21-9-7-6-8-20(21)22(26-23(24)28)18-10-12-19(25)13-11-18/h6-13,16-17,22H,14-15H2,1-5H3,(H,26,28). The average Bonchev–Trinajstić information content (AvgIpc) is 2.65. The van der Waals surface area contributed by atoms with E-state index in [1.54, 1.807) is 0 Å². The fourth-order valence-electron chi connectivity index (χ4n) is 4.37. The lowest BCUT2D eigenvalue weighted by Gasteiger charge is -2.41. The van der Waals surface area contributed by atoms with Crippen molar-refractivity contribution in [2.75, 3.05) is 6.54 Å². The molecule has 0 saturated heterocycles. The lowest BCUT2D eigenvalue weighted by Crippen LogP contribution is -2.51. The Morgan fingerprint density at radius 1 is 1.04 bits per heavy atom. The predicted octanol–water partition coefficient (Wildman–Crippen LogP) is 5.33. The van der Waals surface area contributed by atoms with Gasteiger partial charge in [-0.15, -0.1) is 0 Å². The second kappa shape index (κ2) is 8.26. The molecule has 0 bridgehead atoms. The number of amides is 1. The van der Waals surface area contributed by atoms with Gasteiger partial charge < -0.3 is 5.32 Å². The Kier molecular flexibility index (Phi) is 6.16. The van der Waals surface area contributed by atoms with Gasteiger partial charge in [-0.05, 0) is 69.9 Å². The van der Waals surface area contributed by atoms with Gasteiger partial charge in [0.25, 0.3) is 0 Å². The van der Waals surface area contributed by atoms with Crippen molar-refractivity contribution >= 4 is 17.5 Å². The molecule has 2 aromatic carbocycles. The van der Waals surface area contributed by atoms with E-state index in [9.17, 15) is 4.79 Å². The third-order valence-corrected chi connectivity index (χ3v) is 6.29. The number of carbonyl (C=O) groups is 1. The molecule has 0 spiro atoms. The lowest BCUT2D eigenvalue weighted by molar-refractivity contribution is -0.128. The Balaban J connectivity index is 1.95. The van der Waals surface area contributed by atoms with Crippen molar-refractivity contribution in [3.63, 3.8) is 0 Å². The first-order valence-electron chi connectivity index (χ1n) is 10.2. The summed E-state index contributed by atoms with van der Waals surface area (Å²) in [5.74, 6) is 0.0959. The highest BCUT2D eigenvalue weighted by Crippen LogP contribution is 2.40. The number of fused-ring (bicyclic) bond motifs is 1. The number of hydrogen-bond acceptors (Lipinski definition) is 2. The molecule has 1 amide bonds. The molecule has 0 radical (unpaired) electrons. The molecule has 1 aliphatic rings. The minimum absolute atomic E-state index is 0.0959. The van der Waals surface area contributed by atoms with Crippen LogP contribution in [0, 0.1) is 0 Å². The van der Waals surface area contributed by atoms with E-state index in [1.807, 2.05) is 36.4 Å². The summed E-state index contributed by atoms with van der Waals surface area (Å²) >= 11 is 6.05. The van der Waals surface area contributed by atoms with Gasteiger partial charge in [-0.2, -0.15) is 0 Å². The van der Waals surface area contributed by atoms with Gasteiger partial charge in [-0.1, -0.05) is 48.0 Å². The Labute approximate surface area is 174 Å². The highest BCUT2D eigenvalue weighted by atomic mass is 35.5. The second-order valence-corrected chi connectivity index (χ2v) is 8.99. The molecule has 2 aromatic rings. The fraction of sp³-hybridized carbons (Fsp3) is 0.458. The number of benzene rings is 2. The number of halogens is 1. The molecule has 28 heavy (non-hydrogen) atoms. The van der Waals surface area contributed by atoms with Gasteiger partial charge in [0.2, 0.25) is 5.91 Å². The fourth-order valence-corrected chi connectivity index (χ4v) is 4.50. The third kappa shape index (κ3) is 3.97. The van der Waals surface area contributed by atoms with Gasteiger partial charge in [0.15, 0.2) is 0 Å². The molecule has 3 nitrogen and oxygen atoms in total. The van der Waals surface area contributed by atoms with E-state index in [2.05, 4.69) is 57.0 Å². The van der Waals surface area contributed by atoms with Crippen LogP contribution in [0.3, 0.4) is 0 Å². The zero-order chi connectivity index (χ0) is 20.5. The summed E-state index contributed by atoms with van der Waals surface area (Å²) < 4.78 is 0. The van der Waals surface area contributed by atoms with E-state index < -0.39 is 5.41 Å². The molecule has 2 unspecified atom stereocenters. The van der Waals surface area contributed by atoms with Gasteiger partial charge >= 0.3 is 0 Å². The molecule has 4 heteroatoms. The van der Waals surface area contributed by atoms with Crippen LogP contribution in [0.1, 0.15) is 63.8 Å². The van der Waals surface area contributed by atoms with Crippen molar-refractivity contribution < 1.29 is 4.79 Å². The van der Waals surface area contributed by atoms with Gasteiger partial charge in [-0.3, -0.25) is 9.69 Å². The Morgan fingerprint density at radius 2 is 1.64 bits per heavy atom. The van der Waals surface area contributed by atoms with Crippen LogP contribution in [0.2, 0.25) is 5.02 Å². The molecule has 0 aromatic heterocycles. The first-order chi connectivity index (χ1) is 13.2. The summed E-state index contributed by atoms with van der Waals surface area (Å²) in [6.07, 6.45) is 0.791. The van der Waals surface area contributed by atoms with Crippen LogP contribution in [0.25, 0.3) is 0 Å². The largest absolute Gasteiger partial charge is 0.344 e. The van der Waals surface area contributed by atoms with Gasteiger partial charge in [0, 0.05) is 23.7 Å². The molecular formula is C24H31ClN2O. The normalized spacial score (nSPS) is 21.9. The third-order valence-electron chi connectivity index (χ3n) is 6.04. The van der Waals surface area contributed by atoms with Crippen LogP contribution >= 0.6 is 11.6 Å². The van der Waals surface area contributed by atoms with E-state index >= 15 is 0 Å². The van der Waals surface area contributed by atoms with Crippen molar-refractivity contribution in [3.8, 4) is 0 Å². The first-order valence-corrected chi connectivity index (χ1v) is 10.5. The molecule has 0 aliphatic carbocycles. The van der Waals surface area contributed by atoms with Gasteiger partial charge in [0.05, 0.1) is 11.5 Å². The minimum Gasteiger partial charge on any atom is -0.344 e. The van der Waals surface area contributed by atoms with Crippen LogP contribution in [0.4, 0.5) is 0 Å². The Hall–Kier alpha value is -1.84. The van der Waals surface area contributed by atoms with Crippen LogP contribution < -0.4 is 5.32 Å². The maximum absolute atomic E-state index is 13.3. The summed E-state index contributed by atoms with van der Waals surface area (Å²) in [5.41, 5.74) is 2.82. The molecule has 1 N–H and O–H groups in total. The number of nitrogens with one attached hydrogen (secondary N) is 1. The van der Waals surface area contributed by atoms with E-state index in [-0.39, 0.29) is 11.9 Å². The van der Waals surface area contributed by atoms with Crippen molar-refractivity contribution in [1.29, 1.82) is 0 Å². The highest BCUT2D eigenvalue weighted by molar-refractivity contribution is 6.30. The topological polar surface area (TPSA) is 32.3 Å². The van der Waals surface area contributed by atoms with Crippen LogP contribution in [0.15, 0.2) is 48.5 Å². The van der Waals surface area contributed by atoms with E-state index in [0.717, 1.165) is 24.1 Å². The summed E-state index contributed by atoms with van der Waals surface area (Å²) in [6, 6.07) is 16.8. The molecule has 2 atom stereocenters. The van der Waals surface area contributed by atoms with E-state index in [1.165, 1.54) is 5.56 Å². The van der Waals surface area contributed by atoms with Crippen LogP contribution in [-0.2, 0) is 10.2 Å². The summed E-state index contributed by atoms with van der Waals surface area (Å²) in [5, 5.41) is 3.98. The maximum atomic E-state index is 13.3. The maximum Gasteiger partial charge on any atom is 0.231 e. The highest BCUT2D eigenvalue weighted by Gasteiger charge is 2.43. The monoisotopic (exact) mass is 398 g/mol. The van der Waals surface area contributed by atoms with Crippen molar-refractivity contribution in [2.24, 2.45) is 0 Å². The lowest BCUT2D eigenvalue weighted by atomic mass is 9.71. The van der Waals surface area contributed by atoms with Gasteiger partial charge in [0.1, 0.15) is 0 Å². The van der Waals surface area contributed by atoms with E-state index in [4.69, 9.17) is 11.6 Å². The molecular weight excluding hydrogens is 368 g/mol. The van der Waals surface area contributed by atoms with Crippen LogP contribution in [0.5, 0.6) is 0 Å². The molecule has 150 valence electrons. The smallest absolute Gasteiger partial charge is 0.231 e. The first kappa shape index (κ1) is 20.9. The SMILES string of the molecule is CC(C)N(CCC1(C)C(=O)NC(c2ccc(Cl)cc2)c2ccccc21)C(C)C. The Morgan fingerprint density at radius 3 is 2.25 bits per heavy atom. The number of rotatable bonds is 6. The zero-order valence-corrected chi connectivity index (χ0v) is 18.3. The van der Waals surface area contributed by atoms with Crippen LogP contribution in [-0.4, -0.2) is 29.4 Å². The average molecular weight is 399 g/mol. The summed E-state index contributed by atoms with van der Waals surface area (Å²) in [7, 11) is 0. The minimum atomic E-state index is -0.540. The zero-order valence-electron chi connectivity index (χ0n) is 17.5. The molecule has 1 heterocycles. The van der Waals surface area contributed by atoms with Crippen molar-refractivity contribution in [2.45, 2.75) is 64.6 Å².